The topological polar surface area (TPSA) is 17.8 Å². The van der Waals surface area contributed by atoms with E-state index in [0.29, 0.717) is 0 Å². The van der Waals surface area contributed by atoms with Crippen molar-refractivity contribution in [3.05, 3.63) is 18.5 Å². The van der Waals surface area contributed by atoms with Crippen molar-refractivity contribution in [1.29, 1.82) is 0 Å². The van der Waals surface area contributed by atoms with Gasteiger partial charge in [0.1, 0.15) is 0 Å². The maximum absolute atomic E-state index is 3.83. The van der Waals surface area contributed by atoms with Gasteiger partial charge in [-0.2, -0.15) is 5.10 Å². The van der Waals surface area contributed by atoms with E-state index in [9.17, 15) is 0 Å². The second-order valence-electron chi connectivity index (χ2n) is 1.89. The van der Waals surface area contributed by atoms with Crippen molar-refractivity contribution in [2.45, 2.75) is 34.1 Å². The van der Waals surface area contributed by atoms with Gasteiger partial charge in [0, 0.05) is 19.4 Å². The smallest absolute Gasteiger partial charge is 0.0489 e. The Bertz CT molecular complexity index is 122. The number of rotatable bonds is 0. The molecule has 0 spiro atoms. The van der Waals surface area contributed by atoms with Gasteiger partial charge in [0.15, 0.2) is 0 Å². The molecular weight excluding hydrogens is 136 g/mol. The van der Waals surface area contributed by atoms with E-state index in [0.717, 1.165) is 0 Å². The van der Waals surface area contributed by atoms with Crippen LogP contribution in [0, 0.1) is 0 Å². The van der Waals surface area contributed by atoms with Crippen LogP contribution >= 0.6 is 0 Å². The van der Waals surface area contributed by atoms with Gasteiger partial charge >= 0.3 is 0 Å². The Morgan fingerprint density at radius 3 is 1.82 bits per heavy atom. The molecule has 0 aromatic carbocycles. The summed E-state index contributed by atoms with van der Waals surface area (Å²) in [5.74, 6) is 0. The van der Waals surface area contributed by atoms with Crippen LogP contribution in [0.4, 0.5) is 0 Å². The highest BCUT2D eigenvalue weighted by molar-refractivity contribution is 4.75. The fourth-order valence-electron chi connectivity index (χ4n) is 0.345. The summed E-state index contributed by atoms with van der Waals surface area (Å²) in [5.41, 5.74) is 0. The zero-order chi connectivity index (χ0) is 9.11. The molecule has 0 bridgehead atoms. The van der Waals surface area contributed by atoms with Crippen molar-refractivity contribution >= 4 is 0 Å². The molecule has 66 valence electrons. The number of hydrogen-bond donors (Lipinski definition) is 0. The minimum Gasteiger partial charge on any atom is -0.276 e. The van der Waals surface area contributed by atoms with Crippen molar-refractivity contribution in [3.8, 4) is 0 Å². The Morgan fingerprint density at radius 2 is 1.73 bits per heavy atom. The van der Waals surface area contributed by atoms with E-state index in [1.54, 1.807) is 10.9 Å². The highest BCUT2D eigenvalue weighted by Crippen LogP contribution is 1.73. The number of aryl methyl sites for hydroxylation is 1. The van der Waals surface area contributed by atoms with Gasteiger partial charge in [-0.1, -0.05) is 34.1 Å². The van der Waals surface area contributed by atoms with Crippen LogP contribution in [0.2, 0.25) is 0 Å². The van der Waals surface area contributed by atoms with Crippen LogP contribution in [0.15, 0.2) is 18.5 Å². The predicted molar refractivity (Wildman–Crippen MR) is 50.5 cm³/mol. The molecular formula is C9H20N2. The molecule has 0 saturated heterocycles. The summed E-state index contributed by atoms with van der Waals surface area (Å²) >= 11 is 0. The maximum Gasteiger partial charge on any atom is 0.0489 e. The number of hydrogen-bond acceptors (Lipinski definition) is 1. The third-order valence-corrected chi connectivity index (χ3v) is 0.637. The normalized spacial score (nSPS) is 7.00. The van der Waals surface area contributed by atoms with Gasteiger partial charge in [0.2, 0.25) is 0 Å². The Balaban J connectivity index is 0. The fourth-order valence-corrected chi connectivity index (χ4v) is 0.345. The number of nitrogens with zero attached hydrogens (tertiary/aromatic N) is 2. The molecule has 0 aliphatic heterocycles. The molecule has 2 nitrogen and oxygen atoms in total. The Hall–Kier alpha value is -0.790. The highest BCUT2D eigenvalue weighted by atomic mass is 15.2. The highest BCUT2D eigenvalue weighted by Gasteiger charge is 1.69. The number of aromatic nitrogens is 2. The van der Waals surface area contributed by atoms with Gasteiger partial charge in [-0.05, 0) is 6.07 Å². The van der Waals surface area contributed by atoms with Crippen LogP contribution in [0.3, 0.4) is 0 Å². The minimum atomic E-state index is 1.25. The largest absolute Gasteiger partial charge is 0.276 e. The fraction of sp³-hybridized carbons (Fsp3) is 0.667. The molecule has 1 aromatic rings. The molecule has 0 aliphatic rings. The van der Waals surface area contributed by atoms with Crippen molar-refractivity contribution in [2.75, 3.05) is 0 Å². The van der Waals surface area contributed by atoms with Gasteiger partial charge < -0.3 is 0 Å². The van der Waals surface area contributed by atoms with Crippen molar-refractivity contribution in [2.24, 2.45) is 7.05 Å². The lowest BCUT2D eigenvalue weighted by Crippen LogP contribution is -1.83. The van der Waals surface area contributed by atoms with Crippen LogP contribution in [-0.4, -0.2) is 9.78 Å². The van der Waals surface area contributed by atoms with Crippen LogP contribution in [-0.2, 0) is 7.05 Å². The molecule has 2 heteroatoms. The van der Waals surface area contributed by atoms with Crippen molar-refractivity contribution < 1.29 is 0 Å². The second kappa shape index (κ2) is 11.9. The van der Waals surface area contributed by atoms with Gasteiger partial charge in [0.25, 0.3) is 0 Å². The monoisotopic (exact) mass is 156 g/mol. The lowest BCUT2D eigenvalue weighted by Gasteiger charge is -1.77. The van der Waals surface area contributed by atoms with E-state index < -0.39 is 0 Å². The third-order valence-electron chi connectivity index (χ3n) is 0.637. The average molecular weight is 156 g/mol. The molecule has 1 aromatic heterocycles. The lowest BCUT2D eigenvalue weighted by atomic mass is 10.6. The van der Waals surface area contributed by atoms with Gasteiger partial charge in [-0.15, -0.1) is 0 Å². The molecule has 1 rings (SSSR count). The van der Waals surface area contributed by atoms with Crippen molar-refractivity contribution in [1.82, 2.24) is 9.78 Å². The quantitative estimate of drug-likeness (QED) is 0.564. The SMILES string of the molecule is CC.CCC.Cn1cccn1. The predicted octanol–water partition coefficient (Wildman–Crippen LogP) is 2.86. The molecule has 0 N–H and O–H groups in total. The molecule has 1 heterocycles. The summed E-state index contributed by atoms with van der Waals surface area (Å²) in [4.78, 5) is 0. The molecule has 0 fully saturated rings. The van der Waals surface area contributed by atoms with Crippen LogP contribution in [0.5, 0.6) is 0 Å². The Labute approximate surface area is 70.2 Å². The molecule has 11 heavy (non-hydrogen) atoms. The van der Waals surface area contributed by atoms with E-state index in [1.807, 2.05) is 33.2 Å². The van der Waals surface area contributed by atoms with Crippen LogP contribution in [0.1, 0.15) is 34.1 Å². The first-order valence-electron chi connectivity index (χ1n) is 4.24. The zero-order valence-electron chi connectivity index (χ0n) is 8.33. The summed E-state index contributed by atoms with van der Waals surface area (Å²) in [5, 5.41) is 3.83. The molecule has 0 radical (unpaired) electrons. The Kier molecular flexibility index (Phi) is 13.9. The van der Waals surface area contributed by atoms with E-state index in [4.69, 9.17) is 0 Å². The zero-order valence-corrected chi connectivity index (χ0v) is 8.33. The van der Waals surface area contributed by atoms with E-state index in [1.165, 1.54) is 6.42 Å². The Morgan fingerprint density at radius 1 is 1.27 bits per heavy atom. The molecule has 0 saturated carbocycles. The van der Waals surface area contributed by atoms with Crippen LogP contribution < -0.4 is 0 Å². The van der Waals surface area contributed by atoms with E-state index in [-0.39, 0.29) is 0 Å². The minimum absolute atomic E-state index is 1.25. The first-order valence-corrected chi connectivity index (χ1v) is 4.24. The van der Waals surface area contributed by atoms with E-state index >= 15 is 0 Å². The molecule has 0 unspecified atom stereocenters. The molecule has 0 amide bonds. The van der Waals surface area contributed by atoms with Crippen molar-refractivity contribution in [3.63, 3.8) is 0 Å². The van der Waals surface area contributed by atoms with Gasteiger partial charge in [0.05, 0.1) is 0 Å². The summed E-state index contributed by atoms with van der Waals surface area (Å²) in [6, 6.07) is 1.89. The van der Waals surface area contributed by atoms with Crippen LogP contribution in [0.25, 0.3) is 0 Å². The lowest BCUT2D eigenvalue weighted by molar-refractivity contribution is 0.768. The third kappa shape index (κ3) is 12.4. The summed E-state index contributed by atoms with van der Waals surface area (Å²) in [7, 11) is 1.89. The summed E-state index contributed by atoms with van der Waals surface area (Å²) in [6.07, 6.45) is 4.89. The van der Waals surface area contributed by atoms with Gasteiger partial charge in [-0.25, -0.2) is 0 Å². The van der Waals surface area contributed by atoms with Gasteiger partial charge in [-0.3, -0.25) is 4.68 Å². The first kappa shape index (κ1) is 12.8. The standard InChI is InChI=1S/C4H6N2.C3H8.C2H6/c1-6-4-2-3-5-6;1-3-2;1-2/h2-4H,1H3;3H2,1-2H3;1-2H3. The average Bonchev–Trinajstić information content (AvgIpc) is 2.46. The molecule has 0 aliphatic carbocycles. The summed E-state index contributed by atoms with van der Waals surface area (Å²) < 4.78 is 1.75. The second-order valence-corrected chi connectivity index (χ2v) is 1.89. The van der Waals surface area contributed by atoms with E-state index in [2.05, 4.69) is 18.9 Å². The first-order chi connectivity index (χ1) is 5.31. The maximum atomic E-state index is 3.83. The summed E-state index contributed by atoms with van der Waals surface area (Å²) in [6.45, 7) is 8.25. The molecule has 0 atom stereocenters.